The Kier molecular flexibility index (Phi) is 10.8. The summed E-state index contributed by atoms with van der Waals surface area (Å²) < 4.78 is 0. The van der Waals surface area contributed by atoms with Gasteiger partial charge in [0.25, 0.3) is 11.9 Å². The lowest BCUT2D eigenvalue weighted by molar-refractivity contribution is -0.135. The molecule has 2 aliphatic rings. The smallest absolute Gasteiger partial charge is 0.300 e. The van der Waals surface area contributed by atoms with E-state index in [2.05, 4.69) is 39.8 Å². The summed E-state index contributed by atoms with van der Waals surface area (Å²) in [6.45, 7) is 5.44. The van der Waals surface area contributed by atoms with E-state index in [4.69, 9.17) is 19.8 Å². The van der Waals surface area contributed by atoms with Gasteiger partial charge in [0.05, 0.1) is 18.2 Å². The standard InChI is InChI=1S/C22H27N3O2.2C2H4O2/c26-20-14-23-12-11-22(20,19-8-2-1-3-9-19)24-21(27)16-25-13-10-17-6-4-5-7-18(17)15-25;2*1-2(3)4/h1-9,20,23,26H,10-16H2,(H,24,27);2*1H3,(H,3,4)/t20-,22+;;/m1../s1. The summed E-state index contributed by atoms with van der Waals surface area (Å²) in [6.07, 6.45) is 0.992. The summed E-state index contributed by atoms with van der Waals surface area (Å²) in [5, 5.41) is 32.0. The van der Waals surface area contributed by atoms with Gasteiger partial charge in [-0.2, -0.15) is 0 Å². The number of β-amino-alcohol motifs (C(OH)–C–C–N with tert-alkyl or cyclic N) is 1. The van der Waals surface area contributed by atoms with E-state index in [1.807, 2.05) is 30.3 Å². The minimum atomic E-state index is -0.833. The Morgan fingerprint density at radius 1 is 1.00 bits per heavy atom. The van der Waals surface area contributed by atoms with Gasteiger partial charge < -0.3 is 26.0 Å². The zero-order valence-electron chi connectivity index (χ0n) is 20.2. The van der Waals surface area contributed by atoms with Crippen molar-refractivity contribution in [1.29, 1.82) is 0 Å². The number of hydrogen-bond acceptors (Lipinski definition) is 6. The molecule has 0 radical (unpaired) electrons. The molecule has 9 nitrogen and oxygen atoms in total. The van der Waals surface area contributed by atoms with E-state index in [9.17, 15) is 9.90 Å². The maximum atomic E-state index is 12.9. The van der Waals surface area contributed by atoms with Crippen molar-refractivity contribution in [2.75, 3.05) is 26.2 Å². The fraction of sp³-hybridized carbons (Fsp3) is 0.423. The number of nitrogens with zero attached hydrogens (tertiary/aromatic N) is 1. The van der Waals surface area contributed by atoms with Crippen LogP contribution >= 0.6 is 0 Å². The van der Waals surface area contributed by atoms with E-state index in [0.717, 1.165) is 45.5 Å². The molecule has 9 heteroatoms. The maximum Gasteiger partial charge on any atom is 0.300 e. The second-order valence-electron chi connectivity index (χ2n) is 8.62. The van der Waals surface area contributed by atoms with Crippen molar-refractivity contribution in [3.05, 3.63) is 71.3 Å². The Hall–Kier alpha value is -3.27. The lowest BCUT2D eigenvalue weighted by Gasteiger charge is -2.43. The number of piperidine rings is 1. The van der Waals surface area contributed by atoms with Gasteiger partial charge in [-0.25, -0.2) is 0 Å². The highest BCUT2D eigenvalue weighted by Gasteiger charge is 2.42. The summed E-state index contributed by atoms with van der Waals surface area (Å²) >= 11 is 0. The first-order valence-corrected chi connectivity index (χ1v) is 11.6. The van der Waals surface area contributed by atoms with Crippen LogP contribution in [0.25, 0.3) is 0 Å². The highest BCUT2D eigenvalue weighted by molar-refractivity contribution is 5.79. The number of benzene rings is 2. The number of carboxylic acid groups (broad SMARTS) is 2. The van der Waals surface area contributed by atoms with Crippen LogP contribution in [0.2, 0.25) is 0 Å². The van der Waals surface area contributed by atoms with Gasteiger partial charge in [-0.1, -0.05) is 54.6 Å². The van der Waals surface area contributed by atoms with Crippen molar-refractivity contribution in [3.8, 4) is 0 Å². The fourth-order valence-electron chi connectivity index (χ4n) is 4.34. The van der Waals surface area contributed by atoms with E-state index in [0.29, 0.717) is 19.5 Å². The number of carbonyl (C=O) groups excluding carboxylic acids is 1. The lowest BCUT2D eigenvalue weighted by Crippen LogP contribution is -2.62. The molecular weight excluding hydrogens is 450 g/mol. The molecule has 0 bridgehead atoms. The molecule has 0 spiro atoms. The fourth-order valence-corrected chi connectivity index (χ4v) is 4.34. The Balaban J connectivity index is 0.000000473. The van der Waals surface area contributed by atoms with Crippen molar-refractivity contribution >= 4 is 17.8 Å². The molecule has 190 valence electrons. The predicted octanol–water partition coefficient (Wildman–Crippen LogP) is 1.59. The molecule has 1 fully saturated rings. The van der Waals surface area contributed by atoms with Crippen LogP contribution in [-0.2, 0) is 32.9 Å². The molecule has 4 rings (SSSR count). The summed E-state index contributed by atoms with van der Waals surface area (Å²) in [7, 11) is 0. The van der Waals surface area contributed by atoms with E-state index < -0.39 is 23.6 Å². The molecule has 0 aliphatic carbocycles. The van der Waals surface area contributed by atoms with Crippen LogP contribution in [0.5, 0.6) is 0 Å². The Labute approximate surface area is 205 Å². The molecule has 2 aromatic rings. The van der Waals surface area contributed by atoms with Crippen molar-refractivity contribution in [1.82, 2.24) is 15.5 Å². The van der Waals surface area contributed by atoms with Crippen molar-refractivity contribution in [2.24, 2.45) is 0 Å². The Morgan fingerprint density at radius 3 is 2.17 bits per heavy atom. The van der Waals surface area contributed by atoms with Crippen LogP contribution < -0.4 is 10.6 Å². The third kappa shape index (κ3) is 8.79. The van der Waals surface area contributed by atoms with Crippen LogP contribution in [0, 0.1) is 0 Å². The zero-order valence-corrected chi connectivity index (χ0v) is 20.2. The lowest BCUT2D eigenvalue weighted by atomic mass is 9.79. The number of rotatable bonds is 4. The number of nitrogens with one attached hydrogen (secondary N) is 2. The highest BCUT2D eigenvalue weighted by Crippen LogP contribution is 2.31. The highest BCUT2D eigenvalue weighted by atomic mass is 16.4. The van der Waals surface area contributed by atoms with Gasteiger partial charge in [-0.05, 0) is 36.1 Å². The van der Waals surface area contributed by atoms with Crippen LogP contribution in [0.4, 0.5) is 0 Å². The van der Waals surface area contributed by atoms with Crippen LogP contribution in [-0.4, -0.2) is 70.3 Å². The predicted molar refractivity (Wildman–Crippen MR) is 132 cm³/mol. The topological polar surface area (TPSA) is 139 Å². The molecule has 1 amide bonds. The molecule has 5 N–H and O–H groups in total. The first-order chi connectivity index (χ1) is 16.6. The number of aliphatic hydroxyl groups is 1. The average molecular weight is 486 g/mol. The SMILES string of the molecule is CC(=O)O.CC(=O)O.O=C(CN1CCc2ccccc2C1)N[C@]1(c2ccccc2)CCNC[C@H]1O. The summed E-state index contributed by atoms with van der Waals surface area (Å²) in [5.41, 5.74) is 2.92. The van der Waals surface area contributed by atoms with Crippen LogP contribution in [0.1, 0.15) is 37.0 Å². The van der Waals surface area contributed by atoms with E-state index in [1.54, 1.807) is 0 Å². The van der Waals surface area contributed by atoms with E-state index in [1.165, 1.54) is 11.1 Å². The Morgan fingerprint density at radius 2 is 1.57 bits per heavy atom. The number of hydrogen-bond donors (Lipinski definition) is 5. The van der Waals surface area contributed by atoms with Gasteiger partial charge in [0, 0.05) is 33.5 Å². The third-order valence-corrected chi connectivity index (χ3v) is 5.83. The zero-order chi connectivity index (χ0) is 25.8. The average Bonchev–Trinajstić information content (AvgIpc) is 2.80. The molecule has 2 heterocycles. The number of aliphatic carboxylic acids is 2. The molecule has 2 aromatic carbocycles. The number of amides is 1. The normalized spacial score (nSPS) is 21.2. The summed E-state index contributed by atoms with van der Waals surface area (Å²) in [5.74, 6) is -1.70. The van der Waals surface area contributed by atoms with E-state index in [-0.39, 0.29) is 5.91 Å². The molecule has 35 heavy (non-hydrogen) atoms. The number of fused-ring (bicyclic) bond motifs is 1. The first kappa shape index (κ1) is 28.0. The second kappa shape index (κ2) is 13.6. The molecule has 2 atom stereocenters. The van der Waals surface area contributed by atoms with Gasteiger partial charge >= 0.3 is 0 Å². The summed E-state index contributed by atoms with van der Waals surface area (Å²) in [6, 6.07) is 18.3. The minimum Gasteiger partial charge on any atom is -0.481 e. The van der Waals surface area contributed by atoms with Gasteiger partial charge in [-0.15, -0.1) is 0 Å². The number of aliphatic hydroxyl groups excluding tert-OH is 1. The first-order valence-electron chi connectivity index (χ1n) is 11.6. The van der Waals surface area contributed by atoms with Gasteiger partial charge in [0.2, 0.25) is 5.91 Å². The largest absolute Gasteiger partial charge is 0.481 e. The van der Waals surface area contributed by atoms with Crippen molar-refractivity contribution in [2.45, 2.75) is 44.9 Å². The molecule has 1 saturated heterocycles. The van der Waals surface area contributed by atoms with Crippen LogP contribution in [0.3, 0.4) is 0 Å². The Bertz CT molecular complexity index is 964. The van der Waals surface area contributed by atoms with Crippen molar-refractivity contribution < 1.29 is 29.7 Å². The number of carbonyl (C=O) groups is 3. The molecule has 2 aliphatic heterocycles. The van der Waals surface area contributed by atoms with Gasteiger partial charge in [-0.3, -0.25) is 19.3 Å². The minimum absolute atomic E-state index is 0.0285. The monoisotopic (exact) mass is 485 g/mol. The third-order valence-electron chi connectivity index (χ3n) is 5.83. The summed E-state index contributed by atoms with van der Waals surface area (Å²) in [4.78, 5) is 33.1. The molecule has 0 saturated carbocycles. The van der Waals surface area contributed by atoms with Gasteiger partial charge in [0.1, 0.15) is 0 Å². The second-order valence-corrected chi connectivity index (χ2v) is 8.62. The quantitative estimate of drug-likeness (QED) is 0.440. The van der Waals surface area contributed by atoms with Crippen LogP contribution in [0.15, 0.2) is 54.6 Å². The molecule has 0 unspecified atom stereocenters. The van der Waals surface area contributed by atoms with Gasteiger partial charge in [0.15, 0.2) is 0 Å². The van der Waals surface area contributed by atoms with E-state index >= 15 is 0 Å². The molecular formula is C26H35N3O6. The number of carboxylic acids is 2. The maximum absolute atomic E-state index is 12.9. The molecule has 0 aromatic heterocycles. The van der Waals surface area contributed by atoms with Crippen molar-refractivity contribution in [3.63, 3.8) is 0 Å².